The lowest BCUT2D eigenvalue weighted by Crippen LogP contribution is -2.20. The van der Waals surface area contributed by atoms with Crippen LogP contribution in [0.15, 0.2) is 30.3 Å². The fourth-order valence-corrected chi connectivity index (χ4v) is 2.27. The number of carbonyl (C=O) groups is 1. The number of fused-ring (bicyclic) bond motifs is 1. The fraction of sp³-hybridized carbons (Fsp3) is 0.133. The van der Waals surface area contributed by atoms with E-state index in [1.807, 2.05) is 0 Å². The van der Waals surface area contributed by atoms with Crippen LogP contribution in [0.25, 0.3) is 0 Å². The van der Waals surface area contributed by atoms with Gasteiger partial charge in [0, 0.05) is 6.07 Å². The zero-order valence-corrected chi connectivity index (χ0v) is 10.8. The summed E-state index contributed by atoms with van der Waals surface area (Å²) < 4.78 is 5.63. The first kappa shape index (κ1) is 13.1. The van der Waals surface area contributed by atoms with Crippen LogP contribution in [0.5, 0.6) is 28.7 Å². The molecule has 0 amide bonds. The predicted molar refractivity (Wildman–Crippen MR) is 71.9 cm³/mol. The number of ketones is 1. The largest absolute Gasteiger partial charge is 0.504 e. The molecule has 0 aromatic heterocycles. The molecule has 1 atom stereocenters. The number of phenols is 4. The van der Waals surface area contributed by atoms with E-state index in [-0.39, 0.29) is 46.5 Å². The van der Waals surface area contributed by atoms with Crippen molar-refractivity contribution in [2.75, 3.05) is 0 Å². The number of carbonyl (C=O) groups excluding carboxylic acids is 1. The first-order chi connectivity index (χ1) is 9.95. The molecule has 0 saturated heterocycles. The van der Waals surface area contributed by atoms with E-state index in [0.717, 1.165) is 6.07 Å². The highest BCUT2D eigenvalue weighted by molar-refractivity contribution is 6.00. The van der Waals surface area contributed by atoms with Gasteiger partial charge in [0.15, 0.2) is 28.8 Å². The lowest BCUT2D eigenvalue weighted by Gasteiger charge is -2.26. The Kier molecular flexibility index (Phi) is 2.86. The van der Waals surface area contributed by atoms with Gasteiger partial charge in [-0.1, -0.05) is 6.07 Å². The van der Waals surface area contributed by atoms with Crippen LogP contribution in [0.3, 0.4) is 0 Å². The van der Waals surface area contributed by atoms with E-state index in [9.17, 15) is 25.2 Å². The molecule has 2 aromatic rings. The molecule has 0 fully saturated rings. The van der Waals surface area contributed by atoms with Crippen LogP contribution in [0.2, 0.25) is 0 Å². The average Bonchev–Trinajstić information content (AvgIpc) is 2.44. The molecule has 0 bridgehead atoms. The molecule has 0 radical (unpaired) electrons. The van der Waals surface area contributed by atoms with E-state index in [1.165, 1.54) is 24.3 Å². The maximum absolute atomic E-state index is 12.1. The topological polar surface area (TPSA) is 107 Å². The number of Topliss-reactive ketones (excluding diaryl/α,β-unsaturated/α-hetero) is 1. The lowest BCUT2D eigenvalue weighted by molar-refractivity contribution is 0.0848. The van der Waals surface area contributed by atoms with Gasteiger partial charge in [-0.15, -0.1) is 0 Å². The van der Waals surface area contributed by atoms with E-state index < -0.39 is 6.10 Å². The van der Waals surface area contributed by atoms with Crippen LogP contribution in [-0.4, -0.2) is 26.2 Å². The second-order valence-corrected chi connectivity index (χ2v) is 4.82. The predicted octanol–water partition coefficient (Wildman–Crippen LogP) is 2.22. The first-order valence-electron chi connectivity index (χ1n) is 6.23. The van der Waals surface area contributed by atoms with E-state index in [4.69, 9.17) is 4.74 Å². The summed E-state index contributed by atoms with van der Waals surface area (Å²) in [6, 6.07) is 6.51. The third kappa shape index (κ3) is 2.20. The van der Waals surface area contributed by atoms with E-state index >= 15 is 0 Å². The summed E-state index contributed by atoms with van der Waals surface area (Å²) >= 11 is 0. The van der Waals surface area contributed by atoms with Gasteiger partial charge in [0.2, 0.25) is 0 Å². The minimum atomic E-state index is -0.638. The Bertz CT molecular complexity index is 737. The van der Waals surface area contributed by atoms with Gasteiger partial charge in [-0.25, -0.2) is 0 Å². The Morgan fingerprint density at radius 2 is 1.57 bits per heavy atom. The van der Waals surface area contributed by atoms with Crippen LogP contribution >= 0.6 is 0 Å². The van der Waals surface area contributed by atoms with Gasteiger partial charge in [0.05, 0.1) is 12.0 Å². The molecule has 2 aromatic carbocycles. The molecule has 6 nitrogen and oxygen atoms in total. The SMILES string of the molecule is O=C1C[C@@H](c2ccc(O)c(O)c2)Oc2cc(O)c(O)cc21. The molecule has 1 aliphatic rings. The van der Waals surface area contributed by atoms with Crippen molar-refractivity contribution >= 4 is 5.78 Å². The summed E-state index contributed by atoms with van der Waals surface area (Å²) in [4.78, 5) is 12.1. The molecular weight excluding hydrogens is 276 g/mol. The van der Waals surface area contributed by atoms with Gasteiger partial charge < -0.3 is 25.2 Å². The highest BCUT2D eigenvalue weighted by Gasteiger charge is 2.29. The summed E-state index contributed by atoms with van der Waals surface area (Å²) in [5.41, 5.74) is 0.724. The molecule has 4 N–H and O–H groups in total. The van der Waals surface area contributed by atoms with Crippen molar-refractivity contribution in [3.05, 3.63) is 41.5 Å². The molecule has 21 heavy (non-hydrogen) atoms. The number of phenolic OH excluding ortho intramolecular Hbond substituents is 4. The minimum Gasteiger partial charge on any atom is -0.504 e. The summed E-state index contributed by atoms with van der Waals surface area (Å²) in [6.07, 6.45) is -0.609. The van der Waals surface area contributed by atoms with Crippen molar-refractivity contribution in [3.63, 3.8) is 0 Å². The number of hydrogen-bond acceptors (Lipinski definition) is 6. The maximum Gasteiger partial charge on any atom is 0.170 e. The van der Waals surface area contributed by atoms with Crippen molar-refractivity contribution in [1.82, 2.24) is 0 Å². The number of rotatable bonds is 1. The maximum atomic E-state index is 12.1. The van der Waals surface area contributed by atoms with Crippen LogP contribution in [0.1, 0.15) is 28.4 Å². The average molecular weight is 288 g/mol. The lowest BCUT2D eigenvalue weighted by atomic mass is 9.95. The summed E-state index contributed by atoms with van der Waals surface area (Å²) in [6.45, 7) is 0. The van der Waals surface area contributed by atoms with Crippen LogP contribution < -0.4 is 4.74 Å². The van der Waals surface area contributed by atoms with E-state index in [1.54, 1.807) is 0 Å². The summed E-state index contributed by atoms with van der Waals surface area (Å²) in [5, 5.41) is 37.7. The summed E-state index contributed by atoms with van der Waals surface area (Å²) in [5.74, 6) is -1.41. The first-order valence-corrected chi connectivity index (χ1v) is 6.23. The Morgan fingerprint density at radius 1 is 0.905 bits per heavy atom. The van der Waals surface area contributed by atoms with Gasteiger partial charge >= 0.3 is 0 Å². The molecule has 0 aliphatic carbocycles. The standard InChI is InChI=1S/C15H12O6/c16-9-2-1-7(3-11(9)18)14-5-10(17)8-4-12(19)13(20)6-15(8)21-14/h1-4,6,14,16,18-20H,5H2/t14-/m0/s1. The number of aromatic hydroxyl groups is 4. The molecule has 108 valence electrons. The molecule has 0 saturated carbocycles. The molecule has 0 unspecified atom stereocenters. The third-order valence-corrected chi connectivity index (χ3v) is 3.39. The normalized spacial score (nSPS) is 17.1. The highest BCUT2D eigenvalue weighted by atomic mass is 16.5. The van der Waals surface area contributed by atoms with Gasteiger partial charge in [0.1, 0.15) is 11.9 Å². The monoisotopic (exact) mass is 288 g/mol. The smallest absolute Gasteiger partial charge is 0.170 e. The molecule has 6 heteroatoms. The molecule has 1 heterocycles. The van der Waals surface area contributed by atoms with Gasteiger partial charge in [-0.3, -0.25) is 4.79 Å². The quantitative estimate of drug-likeness (QED) is 0.599. The van der Waals surface area contributed by atoms with Gasteiger partial charge in [-0.05, 0) is 23.8 Å². The van der Waals surface area contributed by atoms with Gasteiger partial charge in [-0.2, -0.15) is 0 Å². The fourth-order valence-electron chi connectivity index (χ4n) is 2.27. The second kappa shape index (κ2) is 4.59. The van der Waals surface area contributed by atoms with Crippen LogP contribution in [-0.2, 0) is 0 Å². The Labute approximate surface area is 119 Å². The molecule has 3 rings (SSSR count). The third-order valence-electron chi connectivity index (χ3n) is 3.39. The number of ether oxygens (including phenoxy) is 1. The highest BCUT2D eigenvalue weighted by Crippen LogP contribution is 2.41. The minimum absolute atomic E-state index is 0.0292. The number of benzene rings is 2. The van der Waals surface area contributed by atoms with Crippen LogP contribution in [0.4, 0.5) is 0 Å². The zero-order valence-electron chi connectivity index (χ0n) is 10.8. The molecular formula is C15H12O6. The number of hydrogen-bond donors (Lipinski definition) is 4. The van der Waals surface area contributed by atoms with Crippen molar-refractivity contribution in [3.8, 4) is 28.7 Å². The van der Waals surface area contributed by atoms with Crippen LogP contribution in [0, 0.1) is 0 Å². The van der Waals surface area contributed by atoms with Crippen molar-refractivity contribution in [1.29, 1.82) is 0 Å². The second-order valence-electron chi connectivity index (χ2n) is 4.82. The summed E-state index contributed by atoms with van der Waals surface area (Å²) in [7, 11) is 0. The van der Waals surface area contributed by atoms with Crippen molar-refractivity contribution < 1.29 is 30.0 Å². The Balaban J connectivity index is 1.99. The van der Waals surface area contributed by atoms with E-state index in [2.05, 4.69) is 0 Å². The van der Waals surface area contributed by atoms with Gasteiger partial charge in [0.25, 0.3) is 0 Å². The molecule has 0 spiro atoms. The molecule has 1 aliphatic heterocycles. The van der Waals surface area contributed by atoms with E-state index in [0.29, 0.717) is 5.56 Å². The Hall–Kier alpha value is -2.89. The Morgan fingerprint density at radius 3 is 2.29 bits per heavy atom. The van der Waals surface area contributed by atoms with Crippen molar-refractivity contribution in [2.45, 2.75) is 12.5 Å². The van der Waals surface area contributed by atoms with Crippen molar-refractivity contribution in [2.24, 2.45) is 0 Å². The zero-order chi connectivity index (χ0) is 15.1.